The van der Waals surface area contributed by atoms with E-state index in [4.69, 9.17) is 21.5 Å². The molecule has 0 saturated carbocycles. The van der Waals surface area contributed by atoms with Crippen LogP contribution in [-0.4, -0.2) is 26.9 Å². The van der Waals surface area contributed by atoms with Crippen molar-refractivity contribution in [1.29, 1.82) is 0 Å². The number of fused-ring (bicyclic) bond motifs is 1. The van der Waals surface area contributed by atoms with Gasteiger partial charge in [0.2, 0.25) is 10.0 Å². The van der Waals surface area contributed by atoms with Crippen LogP contribution in [0.1, 0.15) is 10.4 Å². The molecule has 0 atom stereocenters. The van der Waals surface area contributed by atoms with Crippen molar-refractivity contribution in [2.75, 3.05) is 11.9 Å². The first-order valence-corrected chi connectivity index (χ1v) is 9.94. The highest BCUT2D eigenvalue weighted by molar-refractivity contribution is 7.89. The summed E-state index contributed by atoms with van der Waals surface area (Å²) >= 11 is 5.77. The van der Waals surface area contributed by atoms with Crippen LogP contribution in [0.3, 0.4) is 0 Å². The predicted octanol–water partition coefficient (Wildman–Crippen LogP) is 2.94. The summed E-state index contributed by atoms with van der Waals surface area (Å²) in [4.78, 5) is 23.7. The molecule has 3 aromatic rings. The molecule has 0 radical (unpaired) electrons. The van der Waals surface area contributed by atoms with Crippen molar-refractivity contribution in [1.82, 2.24) is 0 Å². The van der Waals surface area contributed by atoms with E-state index in [1.165, 1.54) is 12.1 Å². The zero-order chi connectivity index (χ0) is 20.3. The van der Waals surface area contributed by atoms with E-state index < -0.39 is 33.4 Å². The Hall–Kier alpha value is -2.94. The number of nitrogens with two attached hydrogens (primary N) is 1. The highest BCUT2D eigenvalue weighted by atomic mass is 35.5. The average molecular weight is 419 g/mol. The first-order valence-electron chi connectivity index (χ1n) is 8.02. The van der Waals surface area contributed by atoms with E-state index in [-0.39, 0.29) is 10.6 Å². The number of hydrogen-bond donors (Lipinski definition) is 2. The molecule has 3 rings (SSSR count). The molecule has 3 aromatic carbocycles. The van der Waals surface area contributed by atoms with Gasteiger partial charge in [-0.25, -0.2) is 18.4 Å². The number of hydrogen-bond acceptors (Lipinski definition) is 5. The van der Waals surface area contributed by atoms with Crippen LogP contribution >= 0.6 is 11.6 Å². The molecule has 144 valence electrons. The lowest BCUT2D eigenvalue weighted by atomic mass is 10.1. The fraction of sp³-hybridized carbons (Fsp3) is 0.0526. The standard InChI is InChI=1S/C19H15ClN2O5S/c20-16-8-6-14(10-17(16)28(21,25)26)19(24)27-11-18(23)22-15-7-5-12-3-1-2-4-13(12)9-15/h1-10H,11H2,(H,22,23)(H2,21,25,26). The van der Waals surface area contributed by atoms with Crippen LogP contribution in [0.25, 0.3) is 10.8 Å². The second kappa shape index (κ2) is 7.97. The largest absolute Gasteiger partial charge is 0.452 e. The maximum atomic E-state index is 12.1. The molecule has 0 aliphatic rings. The third kappa shape index (κ3) is 4.66. The topological polar surface area (TPSA) is 116 Å². The van der Waals surface area contributed by atoms with E-state index in [0.717, 1.165) is 16.8 Å². The molecule has 0 fully saturated rings. The van der Waals surface area contributed by atoms with Crippen LogP contribution in [0.5, 0.6) is 0 Å². The van der Waals surface area contributed by atoms with Crippen LogP contribution in [0.2, 0.25) is 5.02 Å². The quantitative estimate of drug-likeness (QED) is 0.618. The highest BCUT2D eigenvalue weighted by Crippen LogP contribution is 2.22. The fourth-order valence-electron chi connectivity index (χ4n) is 2.53. The smallest absolute Gasteiger partial charge is 0.338 e. The monoisotopic (exact) mass is 418 g/mol. The van der Waals surface area contributed by atoms with Gasteiger partial charge in [0.15, 0.2) is 6.61 Å². The maximum Gasteiger partial charge on any atom is 0.338 e. The molecule has 0 aliphatic carbocycles. The minimum Gasteiger partial charge on any atom is -0.452 e. The van der Waals surface area contributed by atoms with Crippen LogP contribution < -0.4 is 10.5 Å². The van der Waals surface area contributed by atoms with Gasteiger partial charge in [0.1, 0.15) is 4.90 Å². The summed E-state index contributed by atoms with van der Waals surface area (Å²) in [5.41, 5.74) is 0.467. The molecule has 9 heteroatoms. The molecule has 0 saturated heterocycles. The van der Waals surface area contributed by atoms with Gasteiger partial charge in [0.05, 0.1) is 10.6 Å². The molecule has 1 amide bonds. The molecule has 7 nitrogen and oxygen atoms in total. The average Bonchev–Trinajstić information content (AvgIpc) is 2.65. The van der Waals surface area contributed by atoms with Crippen molar-refractivity contribution in [2.24, 2.45) is 5.14 Å². The van der Waals surface area contributed by atoms with E-state index >= 15 is 0 Å². The van der Waals surface area contributed by atoms with Crippen molar-refractivity contribution < 1.29 is 22.7 Å². The SMILES string of the molecule is NS(=O)(=O)c1cc(C(=O)OCC(=O)Nc2ccc3ccccc3c2)ccc1Cl. The minimum atomic E-state index is -4.10. The van der Waals surface area contributed by atoms with Gasteiger partial charge in [-0.15, -0.1) is 0 Å². The summed E-state index contributed by atoms with van der Waals surface area (Å²) in [6, 6.07) is 16.6. The number of nitrogens with one attached hydrogen (secondary N) is 1. The number of anilines is 1. The van der Waals surface area contributed by atoms with E-state index in [0.29, 0.717) is 5.69 Å². The Bertz CT molecular complexity index is 1180. The molecule has 0 bridgehead atoms. The fourth-order valence-corrected chi connectivity index (χ4v) is 3.60. The summed E-state index contributed by atoms with van der Waals surface area (Å²) in [6.07, 6.45) is 0. The van der Waals surface area contributed by atoms with Crippen molar-refractivity contribution in [2.45, 2.75) is 4.90 Å². The number of carbonyl (C=O) groups excluding carboxylic acids is 2. The number of ether oxygens (including phenoxy) is 1. The van der Waals surface area contributed by atoms with Gasteiger partial charge in [-0.05, 0) is 41.1 Å². The summed E-state index contributed by atoms with van der Waals surface area (Å²) < 4.78 is 27.9. The van der Waals surface area contributed by atoms with E-state index in [9.17, 15) is 18.0 Å². The minimum absolute atomic E-state index is 0.0908. The van der Waals surface area contributed by atoms with E-state index in [1.54, 1.807) is 12.1 Å². The number of halogens is 1. The van der Waals surface area contributed by atoms with Crippen LogP contribution in [-0.2, 0) is 19.6 Å². The molecule has 0 heterocycles. The van der Waals surface area contributed by atoms with Crippen molar-refractivity contribution >= 4 is 50.0 Å². The first-order chi connectivity index (χ1) is 13.2. The molecule has 0 spiro atoms. The third-order valence-electron chi connectivity index (χ3n) is 3.84. The van der Waals surface area contributed by atoms with E-state index in [2.05, 4.69) is 5.32 Å². The summed E-state index contributed by atoms with van der Waals surface area (Å²) in [6.45, 7) is -0.543. The van der Waals surface area contributed by atoms with Gasteiger partial charge >= 0.3 is 5.97 Å². The molecular weight excluding hydrogens is 404 g/mol. The normalized spacial score (nSPS) is 11.2. The van der Waals surface area contributed by atoms with Crippen LogP contribution in [0.15, 0.2) is 65.6 Å². The molecule has 28 heavy (non-hydrogen) atoms. The van der Waals surface area contributed by atoms with Gasteiger partial charge in [-0.1, -0.05) is 41.9 Å². The van der Waals surface area contributed by atoms with Gasteiger partial charge in [0, 0.05) is 5.69 Å². The Labute approximate surface area is 166 Å². The number of benzene rings is 3. The Balaban J connectivity index is 1.64. The molecule has 0 aliphatic heterocycles. The number of primary sulfonamides is 1. The number of carbonyl (C=O) groups is 2. The summed E-state index contributed by atoms with van der Waals surface area (Å²) in [5, 5.41) is 9.54. The molecule has 0 aromatic heterocycles. The van der Waals surface area contributed by atoms with Crippen molar-refractivity contribution in [3.8, 4) is 0 Å². The number of esters is 1. The Kier molecular flexibility index (Phi) is 5.64. The number of amides is 1. The second-order valence-electron chi connectivity index (χ2n) is 5.88. The lowest BCUT2D eigenvalue weighted by Crippen LogP contribution is -2.21. The van der Waals surface area contributed by atoms with Gasteiger partial charge in [-0.3, -0.25) is 4.79 Å². The molecular formula is C19H15ClN2O5S. The van der Waals surface area contributed by atoms with Crippen LogP contribution in [0, 0.1) is 0 Å². The van der Waals surface area contributed by atoms with Gasteiger partial charge in [-0.2, -0.15) is 0 Å². The van der Waals surface area contributed by atoms with E-state index in [1.807, 2.05) is 30.3 Å². The Morgan fingerprint density at radius 2 is 1.71 bits per heavy atom. The maximum absolute atomic E-state index is 12.1. The van der Waals surface area contributed by atoms with Gasteiger partial charge in [0.25, 0.3) is 5.91 Å². The zero-order valence-corrected chi connectivity index (χ0v) is 16.0. The first kappa shape index (κ1) is 19.8. The third-order valence-corrected chi connectivity index (χ3v) is 5.23. The lowest BCUT2D eigenvalue weighted by molar-refractivity contribution is -0.119. The number of sulfonamides is 1. The van der Waals surface area contributed by atoms with Gasteiger partial charge < -0.3 is 10.1 Å². The van der Waals surface area contributed by atoms with Crippen LogP contribution in [0.4, 0.5) is 5.69 Å². The Morgan fingerprint density at radius 3 is 2.43 bits per heavy atom. The zero-order valence-electron chi connectivity index (χ0n) is 14.4. The van der Waals surface area contributed by atoms with Crippen molar-refractivity contribution in [3.63, 3.8) is 0 Å². The molecule has 3 N–H and O–H groups in total. The number of rotatable bonds is 5. The predicted molar refractivity (Wildman–Crippen MR) is 106 cm³/mol. The second-order valence-corrected chi connectivity index (χ2v) is 7.81. The summed E-state index contributed by atoms with van der Waals surface area (Å²) in [7, 11) is -4.10. The highest BCUT2D eigenvalue weighted by Gasteiger charge is 2.18. The lowest BCUT2D eigenvalue weighted by Gasteiger charge is -2.09. The Morgan fingerprint density at radius 1 is 1.00 bits per heavy atom. The summed E-state index contributed by atoms with van der Waals surface area (Å²) in [5.74, 6) is -1.42. The molecule has 0 unspecified atom stereocenters. The van der Waals surface area contributed by atoms with Crippen molar-refractivity contribution in [3.05, 3.63) is 71.2 Å².